The Morgan fingerprint density at radius 1 is 1.14 bits per heavy atom. The highest BCUT2D eigenvalue weighted by atomic mass is 79.9. The van der Waals surface area contributed by atoms with Crippen LogP contribution in [0.5, 0.6) is 0 Å². The molecule has 0 fully saturated rings. The minimum Gasteiger partial charge on any atom is -0.313 e. The zero-order chi connectivity index (χ0) is 15.7. The molecule has 4 nitrogen and oxygen atoms in total. The van der Waals surface area contributed by atoms with Gasteiger partial charge in [0.15, 0.2) is 0 Å². The van der Waals surface area contributed by atoms with Gasteiger partial charge in [0.2, 0.25) is 0 Å². The van der Waals surface area contributed by atoms with Crippen molar-refractivity contribution in [3.8, 4) is 0 Å². The summed E-state index contributed by atoms with van der Waals surface area (Å²) in [7, 11) is 5.64. The van der Waals surface area contributed by atoms with Crippen molar-refractivity contribution >= 4 is 27.0 Å². The van der Waals surface area contributed by atoms with Crippen LogP contribution in [0, 0.1) is 5.92 Å². The third-order valence-electron chi connectivity index (χ3n) is 4.56. The molecule has 2 aromatic rings. The first-order valence-electron chi connectivity index (χ1n) is 7.48. The van der Waals surface area contributed by atoms with Crippen molar-refractivity contribution in [3.05, 3.63) is 32.7 Å². The van der Waals surface area contributed by atoms with E-state index in [0.717, 1.165) is 28.3 Å². The monoisotopic (exact) mass is 353 g/mol. The van der Waals surface area contributed by atoms with Gasteiger partial charge in [0.25, 0.3) is 0 Å². The Morgan fingerprint density at radius 3 is 2.14 bits per heavy atom. The summed E-state index contributed by atoms with van der Waals surface area (Å²) in [6, 6.07) is 4.48. The van der Waals surface area contributed by atoms with E-state index < -0.39 is 0 Å². The zero-order valence-electron chi connectivity index (χ0n) is 13.4. The van der Waals surface area contributed by atoms with Gasteiger partial charge in [-0.3, -0.25) is 9.13 Å². The summed E-state index contributed by atoms with van der Waals surface area (Å²) in [5.41, 5.74) is 3.17. The summed E-state index contributed by atoms with van der Waals surface area (Å²) in [4.78, 5) is 12.1. The molecule has 0 radical (unpaired) electrons. The summed E-state index contributed by atoms with van der Waals surface area (Å²) >= 11 is 3.69. The Morgan fingerprint density at radius 2 is 1.67 bits per heavy atom. The van der Waals surface area contributed by atoms with Crippen molar-refractivity contribution in [3.63, 3.8) is 0 Å². The van der Waals surface area contributed by atoms with E-state index in [-0.39, 0.29) is 11.7 Å². The van der Waals surface area contributed by atoms with E-state index in [1.165, 1.54) is 5.56 Å². The molecule has 0 aliphatic carbocycles. The second-order valence-electron chi connectivity index (χ2n) is 5.61. The Balaban J connectivity index is 2.66. The number of nitrogens with one attached hydrogen (secondary N) is 1. The van der Waals surface area contributed by atoms with Crippen LogP contribution in [0.2, 0.25) is 0 Å². The molecule has 0 amide bonds. The molecule has 0 spiro atoms. The van der Waals surface area contributed by atoms with Crippen molar-refractivity contribution in [1.29, 1.82) is 0 Å². The van der Waals surface area contributed by atoms with Crippen LogP contribution in [0.25, 0.3) is 11.0 Å². The fourth-order valence-electron chi connectivity index (χ4n) is 3.18. The molecule has 0 aliphatic rings. The van der Waals surface area contributed by atoms with Gasteiger partial charge < -0.3 is 5.32 Å². The second-order valence-corrected chi connectivity index (χ2v) is 6.46. The van der Waals surface area contributed by atoms with Gasteiger partial charge in [-0.2, -0.15) is 0 Å². The van der Waals surface area contributed by atoms with E-state index in [1.54, 1.807) is 9.13 Å². The number of aromatic nitrogens is 2. The van der Waals surface area contributed by atoms with E-state index >= 15 is 0 Å². The average Bonchev–Trinajstić information content (AvgIpc) is 2.69. The lowest BCUT2D eigenvalue weighted by Gasteiger charge is -2.26. The third-order valence-corrected chi connectivity index (χ3v) is 5.24. The van der Waals surface area contributed by atoms with Gasteiger partial charge in [0.05, 0.1) is 11.0 Å². The zero-order valence-corrected chi connectivity index (χ0v) is 15.0. The highest BCUT2D eigenvalue weighted by Gasteiger charge is 2.22. The van der Waals surface area contributed by atoms with Crippen molar-refractivity contribution in [1.82, 2.24) is 14.5 Å². The van der Waals surface area contributed by atoms with Crippen LogP contribution >= 0.6 is 15.9 Å². The number of aryl methyl sites for hydroxylation is 2. The summed E-state index contributed by atoms with van der Waals surface area (Å²) in [5, 5.41) is 3.44. The maximum atomic E-state index is 12.1. The van der Waals surface area contributed by atoms with Gasteiger partial charge in [0.1, 0.15) is 0 Å². The SMILES string of the molecule is CCC(CC)C(NC)c1cc2c(cc1Br)n(C)c(=O)n2C. The Labute approximate surface area is 134 Å². The lowest BCUT2D eigenvalue weighted by Crippen LogP contribution is -2.25. The summed E-state index contributed by atoms with van der Waals surface area (Å²) in [5.74, 6) is 0.574. The molecular weight excluding hydrogens is 330 g/mol. The normalized spacial score (nSPS) is 13.3. The maximum absolute atomic E-state index is 12.1. The quantitative estimate of drug-likeness (QED) is 0.895. The molecular formula is C16H24BrN3O. The van der Waals surface area contributed by atoms with Crippen LogP contribution < -0.4 is 11.0 Å². The Hall–Kier alpha value is -1.07. The predicted octanol–water partition coefficient (Wildman–Crippen LogP) is 3.34. The van der Waals surface area contributed by atoms with E-state index in [1.807, 2.05) is 21.1 Å². The lowest BCUT2D eigenvalue weighted by molar-refractivity contribution is 0.359. The standard InChI is InChI=1S/C16H24BrN3O/c1-6-10(7-2)15(18-3)11-8-13-14(9-12(11)17)20(5)16(21)19(13)4/h8-10,15,18H,6-7H2,1-5H3. The van der Waals surface area contributed by atoms with E-state index in [9.17, 15) is 4.79 Å². The number of hydrogen-bond donors (Lipinski definition) is 1. The van der Waals surface area contributed by atoms with Crippen molar-refractivity contribution < 1.29 is 0 Å². The molecule has 116 valence electrons. The fraction of sp³-hybridized carbons (Fsp3) is 0.562. The van der Waals surface area contributed by atoms with Gasteiger partial charge in [-0.1, -0.05) is 42.6 Å². The van der Waals surface area contributed by atoms with Crippen LogP contribution in [0.15, 0.2) is 21.4 Å². The smallest absolute Gasteiger partial charge is 0.313 e. The van der Waals surface area contributed by atoms with Gasteiger partial charge in [-0.05, 0) is 30.7 Å². The highest BCUT2D eigenvalue weighted by Crippen LogP contribution is 2.34. The third kappa shape index (κ3) is 2.69. The minimum atomic E-state index is 0.0117. The van der Waals surface area contributed by atoms with E-state index in [4.69, 9.17) is 0 Å². The number of hydrogen-bond acceptors (Lipinski definition) is 2. The molecule has 21 heavy (non-hydrogen) atoms. The first-order valence-corrected chi connectivity index (χ1v) is 8.27. The van der Waals surface area contributed by atoms with Crippen LogP contribution in [0.4, 0.5) is 0 Å². The van der Waals surface area contributed by atoms with Gasteiger partial charge in [-0.15, -0.1) is 0 Å². The summed E-state index contributed by atoms with van der Waals surface area (Å²) < 4.78 is 4.46. The van der Waals surface area contributed by atoms with Gasteiger partial charge >= 0.3 is 5.69 Å². The first-order chi connectivity index (χ1) is 9.96. The average molecular weight is 354 g/mol. The fourth-order valence-corrected chi connectivity index (χ4v) is 3.76. The van der Waals surface area contributed by atoms with Crippen LogP contribution in [-0.2, 0) is 14.1 Å². The minimum absolute atomic E-state index is 0.0117. The molecule has 0 aliphatic heterocycles. The lowest BCUT2D eigenvalue weighted by atomic mass is 9.89. The summed E-state index contributed by atoms with van der Waals surface area (Å²) in [6.45, 7) is 4.45. The molecule has 0 bridgehead atoms. The predicted molar refractivity (Wildman–Crippen MR) is 91.7 cm³/mol. The second kappa shape index (κ2) is 6.36. The number of imidazole rings is 1. The molecule has 0 saturated heterocycles. The summed E-state index contributed by atoms with van der Waals surface area (Å²) in [6.07, 6.45) is 2.25. The van der Waals surface area contributed by atoms with Crippen LogP contribution in [-0.4, -0.2) is 16.2 Å². The van der Waals surface area contributed by atoms with Crippen LogP contribution in [0.3, 0.4) is 0 Å². The number of benzene rings is 1. The topological polar surface area (TPSA) is 39.0 Å². The maximum Gasteiger partial charge on any atom is 0.328 e. The molecule has 0 saturated carbocycles. The number of halogens is 1. The molecule has 1 atom stereocenters. The first kappa shape index (κ1) is 16.3. The molecule has 1 unspecified atom stereocenters. The number of nitrogens with zero attached hydrogens (tertiary/aromatic N) is 2. The molecule has 1 aromatic carbocycles. The molecule has 2 rings (SSSR count). The van der Waals surface area contributed by atoms with Crippen molar-refractivity contribution in [2.45, 2.75) is 32.7 Å². The molecule has 5 heteroatoms. The molecule has 1 heterocycles. The highest BCUT2D eigenvalue weighted by molar-refractivity contribution is 9.10. The van der Waals surface area contributed by atoms with E-state index in [0.29, 0.717) is 5.92 Å². The van der Waals surface area contributed by atoms with Crippen molar-refractivity contribution in [2.24, 2.45) is 20.0 Å². The molecule has 1 aromatic heterocycles. The van der Waals surface area contributed by atoms with Crippen molar-refractivity contribution in [2.75, 3.05) is 7.05 Å². The Bertz CT molecular complexity index is 698. The number of rotatable bonds is 5. The Kier molecular flexibility index (Phi) is 4.94. The van der Waals surface area contributed by atoms with E-state index in [2.05, 4.69) is 47.2 Å². The van der Waals surface area contributed by atoms with Crippen LogP contribution in [0.1, 0.15) is 38.3 Å². The molecule has 1 N–H and O–H groups in total. The van der Waals surface area contributed by atoms with Gasteiger partial charge in [0, 0.05) is 24.6 Å². The largest absolute Gasteiger partial charge is 0.328 e. The van der Waals surface area contributed by atoms with Gasteiger partial charge in [-0.25, -0.2) is 4.79 Å². The number of fused-ring (bicyclic) bond motifs is 1.